The van der Waals surface area contributed by atoms with Crippen LogP contribution in [0.4, 0.5) is 0 Å². The molecule has 0 unspecified atom stereocenters. The van der Waals surface area contributed by atoms with Gasteiger partial charge in [0.15, 0.2) is 0 Å². The molecule has 2 atom stereocenters. The SMILES string of the molecule is CC[C@@H](O)CN1C(=O)C[C@@](C)(c2ccc(Br)cc2)C1=O. The average molecular weight is 340 g/mol. The zero-order valence-electron chi connectivity index (χ0n) is 11.6. The number of aliphatic hydroxyl groups excluding tert-OH is 1. The summed E-state index contributed by atoms with van der Waals surface area (Å²) < 4.78 is 0.930. The van der Waals surface area contributed by atoms with Crippen LogP contribution < -0.4 is 0 Å². The molecule has 0 aromatic heterocycles. The van der Waals surface area contributed by atoms with E-state index in [-0.39, 0.29) is 24.8 Å². The van der Waals surface area contributed by atoms with Gasteiger partial charge in [-0.05, 0) is 31.0 Å². The molecule has 1 heterocycles. The molecule has 20 heavy (non-hydrogen) atoms. The lowest BCUT2D eigenvalue weighted by Crippen LogP contribution is -2.40. The van der Waals surface area contributed by atoms with E-state index >= 15 is 0 Å². The summed E-state index contributed by atoms with van der Waals surface area (Å²) in [5.41, 5.74) is -0.00171. The molecule has 1 N–H and O–H groups in total. The predicted octanol–water partition coefficient (Wildman–Crippen LogP) is 2.24. The maximum atomic E-state index is 12.6. The number of rotatable bonds is 4. The first-order valence-electron chi connectivity index (χ1n) is 6.67. The van der Waals surface area contributed by atoms with Crippen LogP contribution in [0.2, 0.25) is 0 Å². The largest absolute Gasteiger partial charge is 0.391 e. The molecule has 0 bridgehead atoms. The minimum Gasteiger partial charge on any atom is -0.391 e. The molecule has 5 heteroatoms. The van der Waals surface area contributed by atoms with Crippen molar-refractivity contribution in [1.82, 2.24) is 4.90 Å². The Kier molecular flexibility index (Phi) is 4.30. The quantitative estimate of drug-likeness (QED) is 0.856. The van der Waals surface area contributed by atoms with Crippen LogP contribution in [0.5, 0.6) is 0 Å². The number of hydrogen-bond donors (Lipinski definition) is 1. The highest BCUT2D eigenvalue weighted by atomic mass is 79.9. The van der Waals surface area contributed by atoms with Gasteiger partial charge < -0.3 is 5.11 Å². The van der Waals surface area contributed by atoms with Gasteiger partial charge in [-0.15, -0.1) is 0 Å². The standard InChI is InChI=1S/C15H18BrNO3/c1-3-12(18)9-17-13(19)8-15(2,14(17)20)10-4-6-11(16)7-5-10/h4-7,12,18H,3,8-9H2,1-2H3/t12-,15+/m1/s1. The highest BCUT2D eigenvalue weighted by Gasteiger charge is 2.49. The first kappa shape index (κ1) is 15.2. The Labute approximate surface area is 126 Å². The number of amides is 2. The molecule has 0 saturated carbocycles. The third-order valence-electron chi connectivity index (χ3n) is 3.87. The van der Waals surface area contributed by atoms with Gasteiger partial charge in [0, 0.05) is 10.9 Å². The number of carbonyl (C=O) groups excluding carboxylic acids is 2. The normalized spacial score (nSPS) is 24.3. The Morgan fingerprint density at radius 1 is 1.35 bits per heavy atom. The molecule has 1 saturated heterocycles. The molecule has 1 aromatic carbocycles. The molecular weight excluding hydrogens is 322 g/mol. The maximum absolute atomic E-state index is 12.6. The molecule has 1 fully saturated rings. The van der Waals surface area contributed by atoms with Crippen LogP contribution in [0.15, 0.2) is 28.7 Å². The van der Waals surface area contributed by atoms with Gasteiger partial charge in [0.1, 0.15) is 0 Å². The number of aliphatic hydroxyl groups is 1. The first-order chi connectivity index (χ1) is 9.38. The topological polar surface area (TPSA) is 57.6 Å². The first-order valence-corrected chi connectivity index (χ1v) is 7.46. The second-order valence-corrected chi connectivity index (χ2v) is 6.30. The molecule has 0 aliphatic carbocycles. The van der Waals surface area contributed by atoms with Crippen molar-refractivity contribution in [2.75, 3.05) is 6.54 Å². The van der Waals surface area contributed by atoms with E-state index in [4.69, 9.17) is 0 Å². The molecule has 108 valence electrons. The lowest BCUT2D eigenvalue weighted by atomic mass is 9.81. The Hall–Kier alpha value is -1.20. The summed E-state index contributed by atoms with van der Waals surface area (Å²) in [7, 11) is 0. The van der Waals surface area contributed by atoms with Gasteiger partial charge >= 0.3 is 0 Å². The van der Waals surface area contributed by atoms with Crippen LogP contribution in [0.1, 0.15) is 32.3 Å². The number of imide groups is 1. The van der Waals surface area contributed by atoms with Crippen LogP contribution in [-0.2, 0) is 15.0 Å². The van der Waals surface area contributed by atoms with E-state index in [9.17, 15) is 14.7 Å². The fraction of sp³-hybridized carbons (Fsp3) is 0.467. The minimum atomic E-state index is -0.828. The molecule has 1 aromatic rings. The summed E-state index contributed by atoms with van der Waals surface area (Å²) in [5.74, 6) is -0.440. The van der Waals surface area contributed by atoms with Crippen LogP contribution >= 0.6 is 15.9 Å². The van der Waals surface area contributed by atoms with E-state index in [0.717, 1.165) is 10.0 Å². The third kappa shape index (κ3) is 2.65. The number of benzene rings is 1. The molecule has 0 radical (unpaired) electrons. The van der Waals surface area contributed by atoms with E-state index in [1.54, 1.807) is 6.92 Å². The summed E-state index contributed by atoms with van der Waals surface area (Å²) in [4.78, 5) is 25.8. The monoisotopic (exact) mass is 339 g/mol. The molecule has 1 aliphatic heterocycles. The zero-order valence-corrected chi connectivity index (χ0v) is 13.2. The van der Waals surface area contributed by atoms with E-state index in [0.29, 0.717) is 6.42 Å². The van der Waals surface area contributed by atoms with Gasteiger partial charge in [-0.1, -0.05) is 35.0 Å². The van der Waals surface area contributed by atoms with Gasteiger partial charge in [-0.2, -0.15) is 0 Å². The van der Waals surface area contributed by atoms with Gasteiger partial charge in [0.05, 0.1) is 18.1 Å². The van der Waals surface area contributed by atoms with Gasteiger partial charge in [-0.25, -0.2) is 0 Å². The third-order valence-corrected chi connectivity index (χ3v) is 4.40. The lowest BCUT2D eigenvalue weighted by Gasteiger charge is -2.23. The Morgan fingerprint density at radius 3 is 2.50 bits per heavy atom. The molecule has 0 spiro atoms. The van der Waals surface area contributed by atoms with Crippen molar-refractivity contribution >= 4 is 27.7 Å². The van der Waals surface area contributed by atoms with Crippen molar-refractivity contribution in [1.29, 1.82) is 0 Å². The minimum absolute atomic E-state index is 0.0836. The van der Waals surface area contributed by atoms with Gasteiger partial charge in [0.25, 0.3) is 0 Å². The van der Waals surface area contributed by atoms with Crippen molar-refractivity contribution in [2.45, 2.75) is 38.2 Å². The summed E-state index contributed by atoms with van der Waals surface area (Å²) in [6.45, 7) is 3.69. The number of likely N-dealkylation sites (tertiary alicyclic amines) is 1. The predicted molar refractivity (Wildman–Crippen MR) is 79.1 cm³/mol. The molecular formula is C15H18BrNO3. The molecule has 4 nitrogen and oxygen atoms in total. The lowest BCUT2D eigenvalue weighted by molar-refractivity contribution is -0.141. The van der Waals surface area contributed by atoms with E-state index < -0.39 is 11.5 Å². The number of halogens is 1. The van der Waals surface area contributed by atoms with Crippen molar-refractivity contribution in [3.8, 4) is 0 Å². The highest BCUT2D eigenvalue weighted by Crippen LogP contribution is 2.36. The fourth-order valence-electron chi connectivity index (χ4n) is 2.45. The summed E-state index contributed by atoms with van der Waals surface area (Å²) >= 11 is 3.36. The van der Waals surface area contributed by atoms with E-state index in [1.165, 1.54) is 4.90 Å². The summed E-state index contributed by atoms with van der Waals surface area (Å²) in [6, 6.07) is 7.44. The van der Waals surface area contributed by atoms with Crippen molar-refractivity contribution in [3.63, 3.8) is 0 Å². The van der Waals surface area contributed by atoms with Crippen LogP contribution in [0.3, 0.4) is 0 Å². The number of hydrogen-bond acceptors (Lipinski definition) is 3. The number of carbonyl (C=O) groups is 2. The van der Waals surface area contributed by atoms with Crippen LogP contribution in [-0.4, -0.2) is 34.5 Å². The number of nitrogens with zero attached hydrogens (tertiary/aromatic N) is 1. The average Bonchev–Trinajstić information content (AvgIpc) is 2.64. The Balaban J connectivity index is 2.28. The Bertz CT molecular complexity index is 528. The van der Waals surface area contributed by atoms with Gasteiger partial charge in [0.2, 0.25) is 11.8 Å². The highest BCUT2D eigenvalue weighted by molar-refractivity contribution is 9.10. The second-order valence-electron chi connectivity index (χ2n) is 5.39. The van der Waals surface area contributed by atoms with Crippen LogP contribution in [0, 0.1) is 0 Å². The zero-order chi connectivity index (χ0) is 14.9. The van der Waals surface area contributed by atoms with E-state index in [2.05, 4.69) is 15.9 Å². The fourth-order valence-corrected chi connectivity index (χ4v) is 2.72. The summed E-state index contributed by atoms with van der Waals surface area (Å²) in [6.07, 6.45) is 0.0193. The molecule has 1 aliphatic rings. The smallest absolute Gasteiger partial charge is 0.240 e. The second kappa shape index (κ2) is 5.66. The van der Waals surface area contributed by atoms with Crippen molar-refractivity contribution in [3.05, 3.63) is 34.3 Å². The molecule has 2 rings (SSSR count). The summed E-state index contributed by atoms with van der Waals surface area (Å²) in [5, 5.41) is 9.68. The molecule has 2 amide bonds. The Morgan fingerprint density at radius 2 is 1.95 bits per heavy atom. The number of β-amino-alcohol motifs (C(OH)–C–C–N with tert-alkyl or cyclic N) is 1. The van der Waals surface area contributed by atoms with Gasteiger partial charge in [-0.3, -0.25) is 14.5 Å². The van der Waals surface area contributed by atoms with Crippen molar-refractivity contribution in [2.24, 2.45) is 0 Å². The van der Waals surface area contributed by atoms with Crippen molar-refractivity contribution < 1.29 is 14.7 Å². The van der Waals surface area contributed by atoms with E-state index in [1.807, 2.05) is 31.2 Å². The van der Waals surface area contributed by atoms with Crippen LogP contribution in [0.25, 0.3) is 0 Å². The maximum Gasteiger partial charge on any atom is 0.240 e.